The number of hydrogen-bond acceptors (Lipinski definition) is 9. The summed E-state index contributed by atoms with van der Waals surface area (Å²) in [6.07, 6.45) is 7.42. The highest BCUT2D eigenvalue weighted by molar-refractivity contribution is 7.89. The number of rotatable bonds is 5. The Bertz CT molecular complexity index is 1820. The Morgan fingerprint density at radius 3 is 2.55 bits per heavy atom. The van der Waals surface area contributed by atoms with Crippen molar-refractivity contribution in [1.82, 2.24) is 24.6 Å². The number of aryl methyl sites for hydroxylation is 1. The molecule has 4 aromatic rings. The van der Waals surface area contributed by atoms with Gasteiger partial charge >= 0.3 is 5.97 Å². The summed E-state index contributed by atoms with van der Waals surface area (Å²) in [7, 11) is -4.22. The Morgan fingerprint density at radius 1 is 1.07 bits per heavy atom. The van der Waals surface area contributed by atoms with Crippen LogP contribution in [0.5, 0.6) is 0 Å². The van der Waals surface area contributed by atoms with Gasteiger partial charge in [0.1, 0.15) is 22.1 Å². The van der Waals surface area contributed by atoms with E-state index in [4.69, 9.17) is 5.14 Å². The highest BCUT2D eigenvalue weighted by atomic mass is 32.2. The van der Waals surface area contributed by atoms with Crippen LogP contribution in [0.4, 0.5) is 11.6 Å². The maximum atomic E-state index is 13.0. The molecular formula is C26H24N8O5S. The number of nitrogens with two attached hydrogens (primary N) is 1. The van der Waals surface area contributed by atoms with Gasteiger partial charge < -0.3 is 15.3 Å². The summed E-state index contributed by atoms with van der Waals surface area (Å²) in [4.78, 5) is 34.8. The first-order chi connectivity index (χ1) is 19.1. The van der Waals surface area contributed by atoms with Gasteiger partial charge in [-0.1, -0.05) is 5.92 Å². The number of carboxylic acids is 1. The SMILES string of the molecule is Cc1cc(C(=O)Nc2cc(C#Cc3nnc4c(C(=O)O)cccn34)c(S(N)(=O)=O)cn2)cnc1N1CCCCC1. The van der Waals surface area contributed by atoms with Crippen molar-refractivity contribution in [2.24, 2.45) is 5.14 Å². The lowest BCUT2D eigenvalue weighted by atomic mass is 10.1. The molecule has 13 nitrogen and oxygen atoms in total. The number of pyridine rings is 3. The molecule has 0 aliphatic carbocycles. The molecule has 0 saturated carbocycles. The number of sulfonamides is 1. The van der Waals surface area contributed by atoms with E-state index in [9.17, 15) is 23.1 Å². The summed E-state index contributed by atoms with van der Waals surface area (Å²) in [6.45, 7) is 3.75. The number of aromatic nitrogens is 5. The van der Waals surface area contributed by atoms with Gasteiger partial charge in [-0.25, -0.2) is 28.3 Å². The number of fused-ring (bicyclic) bond motifs is 1. The highest BCUT2D eigenvalue weighted by Gasteiger charge is 2.19. The first-order valence-corrected chi connectivity index (χ1v) is 13.8. The predicted molar refractivity (Wildman–Crippen MR) is 145 cm³/mol. The van der Waals surface area contributed by atoms with Crippen LogP contribution in [0.2, 0.25) is 0 Å². The van der Waals surface area contributed by atoms with E-state index < -0.39 is 21.9 Å². The molecule has 0 aromatic carbocycles. The van der Waals surface area contributed by atoms with E-state index in [1.807, 2.05) is 6.92 Å². The van der Waals surface area contributed by atoms with Crippen LogP contribution in [-0.2, 0) is 10.0 Å². The fourth-order valence-electron chi connectivity index (χ4n) is 4.44. The average molecular weight is 561 g/mol. The Balaban J connectivity index is 1.44. The molecule has 0 unspecified atom stereocenters. The second-order valence-electron chi connectivity index (χ2n) is 9.17. The summed E-state index contributed by atoms with van der Waals surface area (Å²) in [5.74, 6) is 4.65. The van der Waals surface area contributed by atoms with Gasteiger partial charge in [0.2, 0.25) is 15.8 Å². The van der Waals surface area contributed by atoms with Crippen molar-refractivity contribution in [1.29, 1.82) is 0 Å². The number of amides is 1. The molecule has 4 N–H and O–H groups in total. The van der Waals surface area contributed by atoms with Crippen LogP contribution in [0.3, 0.4) is 0 Å². The Labute approximate surface area is 229 Å². The van der Waals surface area contributed by atoms with Crippen LogP contribution in [-0.4, -0.2) is 63.1 Å². The van der Waals surface area contributed by atoms with E-state index in [1.54, 1.807) is 6.07 Å². The van der Waals surface area contributed by atoms with Crippen molar-refractivity contribution in [3.8, 4) is 11.8 Å². The Hall–Kier alpha value is -4.87. The lowest BCUT2D eigenvalue weighted by Gasteiger charge is -2.29. The molecule has 0 spiro atoms. The summed E-state index contributed by atoms with van der Waals surface area (Å²) in [5, 5.41) is 25.1. The standard InChI is InChI=1S/C26H24N8O5S/c1-16-12-18(14-29-23(16)33-9-3-2-4-10-33)25(35)30-21-13-17(20(15-28-21)40(27,38)39)7-8-22-31-32-24-19(26(36)37)6-5-11-34(22)24/h5-6,11-15H,2-4,9-10H2,1H3,(H,36,37)(H2,27,38,39)(H,28,30,35). The summed E-state index contributed by atoms with van der Waals surface area (Å²) < 4.78 is 25.7. The fraction of sp³-hybridized carbons (Fsp3) is 0.231. The zero-order valence-electron chi connectivity index (χ0n) is 21.3. The van der Waals surface area contributed by atoms with Crippen LogP contribution >= 0.6 is 0 Å². The van der Waals surface area contributed by atoms with Crippen molar-refractivity contribution < 1.29 is 23.1 Å². The lowest BCUT2D eigenvalue weighted by molar-refractivity contribution is 0.0698. The van der Waals surface area contributed by atoms with Crippen LogP contribution in [0.25, 0.3) is 5.65 Å². The van der Waals surface area contributed by atoms with Crippen molar-refractivity contribution >= 4 is 39.2 Å². The van der Waals surface area contributed by atoms with E-state index in [0.717, 1.165) is 43.5 Å². The number of hydrogen-bond donors (Lipinski definition) is 3. The number of carbonyl (C=O) groups is 2. The maximum Gasteiger partial charge on any atom is 0.339 e. The number of nitrogens with one attached hydrogen (secondary N) is 1. The highest BCUT2D eigenvalue weighted by Crippen LogP contribution is 2.23. The number of carbonyl (C=O) groups excluding carboxylic acids is 1. The van der Waals surface area contributed by atoms with Crippen molar-refractivity contribution in [2.45, 2.75) is 31.1 Å². The second kappa shape index (κ2) is 10.7. The Morgan fingerprint density at radius 2 is 1.85 bits per heavy atom. The van der Waals surface area contributed by atoms with Crippen molar-refractivity contribution in [3.05, 3.63) is 70.9 Å². The van der Waals surface area contributed by atoms with Gasteiger partial charge in [-0.05, 0) is 61.9 Å². The second-order valence-corrected chi connectivity index (χ2v) is 10.7. The van der Waals surface area contributed by atoms with Crippen LogP contribution < -0.4 is 15.4 Å². The van der Waals surface area contributed by atoms with Gasteiger partial charge in [-0.15, -0.1) is 10.2 Å². The molecule has 4 aromatic heterocycles. The van der Waals surface area contributed by atoms with Crippen LogP contribution in [0.15, 0.2) is 47.8 Å². The topological polar surface area (TPSA) is 186 Å². The third kappa shape index (κ3) is 5.46. The molecular weight excluding hydrogens is 536 g/mol. The molecule has 40 heavy (non-hydrogen) atoms. The smallest absolute Gasteiger partial charge is 0.339 e. The monoisotopic (exact) mass is 560 g/mol. The molecule has 5 heterocycles. The quantitative estimate of drug-likeness (QED) is 0.304. The molecule has 0 atom stereocenters. The molecule has 204 valence electrons. The maximum absolute atomic E-state index is 13.0. The number of nitrogens with zero attached hydrogens (tertiary/aromatic N) is 6. The van der Waals surface area contributed by atoms with E-state index in [0.29, 0.717) is 5.56 Å². The van der Waals surface area contributed by atoms with Crippen molar-refractivity contribution in [2.75, 3.05) is 23.3 Å². The number of piperidine rings is 1. The predicted octanol–water partition coefficient (Wildman–Crippen LogP) is 1.82. The number of primary sulfonamides is 1. The minimum Gasteiger partial charge on any atom is -0.478 e. The van der Waals surface area contributed by atoms with Crippen LogP contribution in [0.1, 0.15) is 56.9 Å². The third-order valence-corrected chi connectivity index (χ3v) is 7.30. The molecule has 1 aliphatic rings. The molecule has 1 aliphatic heterocycles. The van der Waals surface area contributed by atoms with E-state index >= 15 is 0 Å². The van der Waals surface area contributed by atoms with E-state index in [2.05, 4.69) is 42.2 Å². The first kappa shape index (κ1) is 26.7. The molecule has 1 amide bonds. The fourth-order valence-corrected chi connectivity index (χ4v) is 5.06. The average Bonchev–Trinajstić information content (AvgIpc) is 3.35. The minimum atomic E-state index is -4.22. The minimum absolute atomic E-state index is 0.0405. The molecule has 0 bridgehead atoms. The van der Waals surface area contributed by atoms with Gasteiger partial charge in [0.05, 0.1) is 17.3 Å². The summed E-state index contributed by atoms with van der Waals surface area (Å²) in [6, 6.07) is 5.89. The van der Waals surface area contributed by atoms with E-state index in [1.165, 1.54) is 41.4 Å². The molecule has 1 fully saturated rings. The summed E-state index contributed by atoms with van der Waals surface area (Å²) in [5.41, 5.74) is 1.13. The van der Waals surface area contributed by atoms with Gasteiger partial charge in [-0.3, -0.25) is 9.20 Å². The molecule has 1 saturated heterocycles. The first-order valence-electron chi connectivity index (χ1n) is 12.3. The Kier molecular flexibility index (Phi) is 7.16. The largest absolute Gasteiger partial charge is 0.478 e. The lowest BCUT2D eigenvalue weighted by Crippen LogP contribution is -2.31. The number of aromatic carboxylic acids is 1. The zero-order valence-corrected chi connectivity index (χ0v) is 22.1. The van der Waals surface area contributed by atoms with Gasteiger partial charge in [0, 0.05) is 25.5 Å². The zero-order chi connectivity index (χ0) is 28.4. The number of anilines is 2. The molecule has 5 rings (SSSR count). The molecule has 0 radical (unpaired) electrons. The molecule has 14 heteroatoms. The van der Waals surface area contributed by atoms with Crippen molar-refractivity contribution in [3.63, 3.8) is 0 Å². The van der Waals surface area contributed by atoms with E-state index in [-0.39, 0.29) is 33.3 Å². The van der Waals surface area contributed by atoms with Gasteiger partial charge in [0.25, 0.3) is 5.91 Å². The van der Waals surface area contributed by atoms with Gasteiger partial charge in [-0.2, -0.15) is 0 Å². The summed E-state index contributed by atoms with van der Waals surface area (Å²) >= 11 is 0. The normalized spacial score (nSPS) is 13.5. The van der Waals surface area contributed by atoms with Gasteiger partial charge in [0.15, 0.2) is 5.65 Å². The third-order valence-electron chi connectivity index (χ3n) is 6.36. The number of carboxylic acid groups (broad SMARTS) is 1. The van der Waals surface area contributed by atoms with Crippen LogP contribution in [0, 0.1) is 18.8 Å².